The van der Waals surface area contributed by atoms with Crippen molar-refractivity contribution in [3.05, 3.63) is 0 Å². The molecule has 0 spiro atoms. The van der Waals surface area contributed by atoms with Crippen LogP contribution in [0.2, 0.25) is 0 Å². The van der Waals surface area contributed by atoms with Crippen LogP contribution in [-0.4, -0.2) is 114 Å². The number of carbonyl (C=O) groups excluding carboxylic acids is 4. The van der Waals surface area contributed by atoms with Crippen molar-refractivity contribution in [3.63, 3.8) is 0 Å². The molecular weight excluding hydrogens is 574 g/mol. The average molecular weight is 630 g/mol. The normalized spacial score (nSPS) is 43.3. The zero-order valence-electron chi connectivity index (χ0n) is 28.5. The van der Waals surface area contributed by atoms with E-state index in [0.717, 1.165) is 0 Å². The van der Waals surface area contributed by atoms with Crippen molar-refractivity contribution in [1.29, 1.82) is 0 Å². The van der Waals surface area contributed by atoms with Gasteiger partial charge in [-0.15, -0.1) is 0 Å². The van der Waals surface area contributed by atoms with Crippen LogP contribution in [0.4, 0.5) is 0 Å². The third-order valence-electron chi connectivity index (χ3n) is 9.58. The van der Waals surface area contributed by atoms with Crippen LogP contribution in [0, 0.1) is 23.7 Å². The summed E-state index contributed by atoms with van der Waals surface area (Å²) in [5.41, 5.74) is -3.26. The van der Waals surface area contributed by atoms with Gasteiger partial charge in [-0.3, -0.25) is 19.2 Å². The van der Waals surface area contributed by atoms with Gasteiger partial charge in [0.2, 0.25) is 0 Å². The standard InChI is InChI=1S/C32H55NO11/c1-13-23-32(9,39)27(37)18(4)24(35)16(2)15-31(8,40-12)28(19(5)25(36)20(6)29(38)43-23)44-30-26(42-21(7)34)22(33(10)11)14-17(3)41-30/h16-20,22-23,26-28,30,37,39H,13-15H2,1-12H3/t16-,17-,18+,19+,20-,22-,23-,26-,27-,28-,30+,31-,32-/m1/s1. The van der Waals surface area contributed by atoms with Crippen LogP contribution in [0.15, 0.2) is 0 Å². The first-order valence-corrected chi connectivity index (χ1v) is 15.6. The van der Waals surface area contributed by atoms with E-state index in [2.05, 4.69) is 0 Å². The Labute approximate surface area is 262 Å². The lowest BCUT2D eigenvalue weighted by atomic mass is 9.74. The van der Waals surface area contributed by atoms with Gasteiger partial charge in [0.1, 0.15) is 23.4 Å². The quantitative estimate of drug-likeness (QED) is 0.327. The molecule has 12 nitrogen and oxygen atoms in total. The Bertz CT molecular complexity index is 1030. The minimum atomic E-state index is -1.96. The number of hydrogen-bond acceptors (Lipinski definition) is 12. The molecule has 2 fully saturated rings. The largest absolute Gasteiger partial charge is 0.459 e. The van der Waals surface area contributed by atoms with E-state index < -0.39 is 83.3 Å². The molecule has 2 N–H and O–H groups in total. The molecule has 13 atom stereocenters. The highest BCUT2D eigenvalue weighted by Gasteiger charge is 2.52. The predicted molar refractivity (Wildman–Crippen MR) is 160 cm³/mol. The third-order valence-corrected chi connectivity index (χ3v) is 9.58. The first-order chi connectivity index (χ1) is 20.2. The zero-order valence-corrected chi connectivity index (χ0v) is 28.5. The Morgan fingerprint density at radius 1 is 1.05 bits per heavy atom. The second kappa shape index (κ2) is 15.1. The predicted octanol–water partition coefficient (Wildman–Crippen LogP) is 2.29. The number of aliphatic hydroxyl groups is 2. The highest BCUT2D eigenvalue weighted by molar-refractivity contribution is 6.00. The van der Waals surface area contributed by atoms with E-state index in [-0.39, 0.29) is 30.8 Å². The van der Waals surface area contributed by atoms with Crippen LogP contribution in [-0.2, 0) is 42.9 Å². The number of cyclic esters (lactones) is 1. The van der Waals surface area contributed by atoms with Crippen molar-refractivity contribution in [2.24, 2.45) is 23.7 Å². The molecule has 2 aliphatic rings. The number of nitrogens with zero attached hydrogens (tertiary/aromatic N) is 1. The molecule has 2 heterocycles. The second-order valence-corrected chi connectivity index (χ2v) is 13.4. The van der Waals surface area contributed by atoms with Crippen LogP contribution < -0.4 is 0 Å². The average Bonchev–Trinajstić information content (AvgIpc) is 2.95. The molecule has 0 aliphatic carbocycles. The first-order valence-electron chi connectivity index (χ1n) is 15.6. The van der Waals surface area contributed by atoms with Crippen LogP contribution in [0.1, 0.15) is 81.6 Å². The highest BCUT2D eigenvalue weighted by Crippen LogP contribution is 2.38. The highest BCUT2D eigenvalue weighted by atomic mass is 16.7. The maximum Gasteiger partial charge on any atom is 0.316 e. The fourth-order valence-corrected chi connectivity index (χ4v) is 6.74. The minimum absolute atomic E-state index is 0.0669. The van der Waals surface area contributed by atoms with Gasteiger partial charge < -0.3 is 38.8 Å². The van der Waals surface area contributed by atoms with E-state index in [1.165, 1.54) is 34.8 Å². The molecule has 0 radical (unpaired) electrons. The molecule has 0 bridgehead atoms. The molecule has 2 aliphatic heterocycles. The van der Waals surface area contributed by atoms with Crippen molar-refractivity contribution in [1.82, 2.24) is 4.90 Å². The van der Waals surface area contributed by atoms with Crippen molar-refractivity contribution in [2.45, 2.75) is 136 Å². The van der Waals surface area contributed by atoms with Gasteiger partial charge in [0.15, 0.2) is 18.2 Å². The molecule has 0 amide bonds. The van der Waals surface area contributed by atoms with Crippen molar-refractivity contribution < 1.29 is 53.1 Å². The van der Waals surface area contributed by atoms with E-state index >= 15 is 0 Å². The number of rotatable bonds is 6. The summed E-state index contributed by atoms with van der Waals surface area (Å²) < 4.78 is 30.1. The molecule has 0 unspecified atom stereocenters. The van der Waals surface area contributed by atoms with Gasteiger partial charge in [-0.25, -0.2) is 0 Å². The van der Waals surface area contributed by atoms with Gasteiger partial charge in [0.25, 0.3) is 0 Å². The third kappa shape index (κ3) is 8.24. The molecule has 12 heteroatoms. The smallest absolute Gasteiger partial charge is 0.316 e. The number of ketones is 2. The number of ether oxygens (including phenoxy) is 5. The molecule has 2 rings (SSSR count). The van der Waals surface area contributed by atoms with Gasteiger partial charge in [-0.1, -0.05) is 27.7 Å². The zero-order chi connectivity index (χ0) is 33.9. The number of aliphatic hydroxyl groups excluding tert-OH is 1. The number of likely N-dealkylation sites (N-methyl/N-ethyl adjacent to an activating group) is 1. The Balaban J connectivity index is 2.68. The summed E-state index contributed by atoms with van der Waals surface area (Å²) in [7, 11) is 5.16. The van der Waals surface area contributed by atoms with E-state index in [4.69, 9.17) is 23.7 Å². The fraction of sp³-hybridized carbons (Fsp3) is 0.875. The minimum Gasteiger partial charge on any atom is -0.459 e. The maximum absolute atomic E-state index is 13.9. The maximum atomic E-state index is 13.9. The molecule has 254 valence electrons. The van der Waals surface area contributed by atoms with Gasteiger partial charge in [-0.05, 0) is 61.1 Å². The number of Topliss-reactive ketones (excluding diaryl/α,β-unsaturated/α-hetero) is 2. The summed E-state index contributed by atoms with van der Waals surface area (Å²) in [6.45, 7) is 14.1. The SMILES string of the molecule is CC[C@H]1OC(=O)[C@H](C)C(=O)[C@H](C)[C@@H](O[C@@H]2O[C@H](C)C[C@@H](N(C)C)[C@H]2OC(C)=O)[C@](C)(OC)C[C@@H](C)C(=O)[C@H](C)[C@@H](O)[C@]1(C)O. The lowest BCUT2D eigenvalue weighted by Crippen LogP contribution is -2.60. The van der Waals surface area contributed by atoms with E-state index in [1.807, 2.05) is 25.9 Å². The lowest BCUT2D eigenvalue weighted by Gasteiger charge is -2.47. The summed E-state index contributed by atoms with van der Waals surface area (Å²) in [5, 5.41) is 22.4. The van der Waals surface area contributed by atoms with Crippen LogP contribution in [0.5, 0.6) is 0 Å². The molecule has 44 heavy (non-hydrogen) atoms. The molecular formula is C32H55NO11. The summed E-state index contributed by atoms with van der Waals surface area (Å²) in [5.74, 6) is -6.24. The number of carbonyl (C=O) groups is 4. The van der Waals surface area contributed by atoms with Gasteiger partial charge in [-0.2, -0.15) is 0 Å². The van der Waals surface area contributed by atoms with Crippen molar-refractivity contribution in [2.75, 3.05) is 21.2 Å². The molecule has 0 aromatic carbocycles. The summed E-state index contributed by atoms with van der Waals surface area (Å²) in [6.07, 6.45) is -5.28. The van der Waals surface area contributed by atoms with E-state index in [0.29, 0.717) is 6.42 Å². The second-order valence-electron chi connectivity index (χ2n) is 13.4. The number of methoxy groups -OCH3 is 1. The van der Waals surface area contributed by atoms with Gasteiger partial charge >= 0.3 is 11.9 Å². The first kappa shape index (κ1) is 38.2. The molecule has 0 aromatic rings. The van der Waals surface area contributed by atoms with Crippen molar-refractivity contribution >= 4 is 23.5 Å². The lowest BCUT2D eigenvalue weighted by molar-refractivity contribution is -0.298. The Hall–Kier alpha value is -1.96. The topological polar surface area (TPSA) is 158 Å². The summed E-state index contributed by atoms with van der Waals surface area (Å²) in [4.78, 5) is 55.0. The Morgan fingerprint density at radius 3 is 2.14 bits per heavy atom. The molecule has 2 saturated heterocycles. The summed E-state index contributed by atoms with van der Waals surface area (Å²) >= 11 is 0. The van der Waals surface area contributed by atoms with E-state index in [9.17, 15) is 29.4 Å². The van der Waals surface area contributed by atoms with Crippen LogP contribution >= 0.6 is 0 Å². The van der Waals surface area contributed by atoms with Crippen LogP contribution in [0.3, 0.4) is 0 Å². The van der Waals surface area contributed by atoms with Crippen molar-refractivity contribution in [3.8, 4) is 0 Å². The molecule has 0 aromatic heterocycles. The monoisotopic (exact) mass is 629 g/mol. The van der Waals surface area contributed by atoms with E-state index in [1.54, 1.807) is 27.7 Å². The van der Waals surface area contributed by atoms with Gasteiger partial charge in [0, 0.05) is 31.8 Å². The fourth-order valence-electron chi connectivity index (χ4n) is 6.74. The Kier molecular flexibility index (Phi) is 13.1. The van der Waals surface area contributed by atoms with Crippen LogP contribution in [0.25, 0.3) is 0 Å². The number of esters is 2. The van der Waals surface area contributed by atoms with Gasteiger partial charge in [0.05, 0.1) is 30.0 Å². The number of hydrogen-bond donors (Lipinski definition) is 2. The Morgan fingerprint density at radius 2 is 1.64 bits per heavy atom. The molecule has 0 saturated carbocycles. The summed E-state index contributed by atoms with van der Waals surface area (Å²) in [6, 6.07) is -0.263.